The minimum Gasteiger partial charge on any atom is -0.483 e. The highest BCUT2D eigenvalue weighted by Crippen LogP contribution is 2.32. The maximum absolute atomic E-state index is 13.9. The van der Waals surface area contributed by atoms with Gasteiger partial charge in [-0.3, -0.25) is 9.59 Å². The largest absolute Gasteiger partial charge is 0.483 e. The number of hydrogen-bond donors (Lipinski definition) is 1. The molecule has 0 unspecified atom stereocenters. The van der Waals surface area contributed by atoms with Crippen molar-refractivity contribution in [1.82, 2.24) is 10.2 Å². The lowest BCUT2D eigenvalue weighted by atomic mass is 9.87. The molecule has 0 radical (unpaired) electrons. The van der Waals surface area contributed by atoms with E-state index in [1.54, 1.807) is 18.2 Å². The molecule has 5 nitrogen and oxygen atoms in total. The van der Waals surface area contributed by atoms with Crippen LogP contribution in [0, 0.1) is 0 Å². The van der Waals surface area contributed by atoms with Crippen LogP contribution in [0.3, 0.4) is 0 Å². The van der Waals surface area contributed by atoms with Crippen LogP contribution in [0.5, 0.6) is 5.75 Å². The molecule has 0 saturated heterocycles. The molecule has 0 fully saturated rings. The third-order valence-electron chi connectivity index (χ3n) is 6.81. The number of ether oxygens (including phenoxy) is 1. The lowest BCUT2D eigenvalue weighted by Crippen LogP contribution is -2.53. The summed E-state index contributed by atoms with van der Waals surface area (Å²) >= 11 is 16.6. The van der Waals surface area contributed by atoms with Gasteiger partial charge in [-0.15, -0.1) is 0 Å². The minimum atomic E-state index is -0.813. The van der Waals surface area contributed by atoms with Crippen LogP contribution in [0.15, 0.2) is 71.2 Å². The fourth-order valence-electron chi connectivity index (χ4n) is 4.16. The highest BCUT2D eigenvalue weighted by molar-refractivity contribution is 9.10. The molecule has 0 saturated carbocycles. The number of carbonyl (C=O) groups is 2. The summed E-state index contributed by atoms with van der Waals surface area (Å²) < 4.78 is 6.75. The lowest BCUT2D eigenvalue weighted by Gasteiger charge is -2.32. The van der Waals surface area contributed by atoms with Crippen LogP contribution in [0.2, 0.25) is 10.0 Å². The number of halogens is 3. The molecule has 3 aromatic rings. The Morgan fingerprint density at radius 3 is 2.23 bits per heavy atom. The van der Waals surface area contributed by atoms with Crippen molar-refractivity contribution in [2.24, 2.45) is 0 Å². The molecule has 2 atom stereocenters. The Labute approximate surface area is 256 Å². The molecule has 0 bridgehead atoms. The maximum Gasteiger partial charge on any atom is 0.261 e. The van der Waals surface area contributed by atoms with E-state index in [0.717, 1.165) is 22.0 Å². The molecule has 1 N–H and O–H groups in total. The van der Waals surface area contributed by atoms with Crippen molar-refractivity contribution in [3.63, 3.8) is 0 Å². The lowest BCUT2D eigenvalue weighted by molar-refractivity contribution is -0.143. The third-order valence-corrected chi connectivity index (χ3v) is 8.14. The number of hydrogen-bond acceptors (Lipinski definition) is 3. The smallest absolute Gasteiger partial charge is 0.261 e. The molecule has 8 heteroatoms. The van der Waals surface area contributed by atoms with Crippen LogP contribution < -0.4 is 10.1 Å². The highest BCUT2D eigenvalue weighted by Gasteiger charge is 2.32. The van der Waals surface area contributed by atoms with E-state index in [1.165, 1.54) is 4.90 Å². The number of nitrogens with zero attached hydrogens (tertiary/aromatic N) is 1. The first-order valence-electron chi connectivity index (χ1n) is 13.4. The molecular formula is C32H37BrCl2N2O3. The molecule has 40 heavy (non-hydrogen) atoms. The van der Waals surface area contributed by atoms with E-state index < -0.39 is 6.04 Å². The Morgan fingerprint density at radius 1 is 1.00 bits per heavy atom. The number of benzene rings is 3. The fourth-order valence-corrected chi connectivity index (χ4v) is 5.17. The zero-order valence-electron chi connectivity index (χ0n) is 23.6. The van der Waals surface area contributed by atoms with Crippen molar-refractivity contribution < 1.29 is 14.3 Å². The molecular weight excluding hydrogens is 611 g/mol. The first-order chi connectivity index (χ1) is 18.9. The van der Waals surface area contributed by atoms with Gasteiger partial charge in [-0.1, -0.05) is 93.4 Å². The van der Waals surface area contributed by atoms with E-state index in [2.05, 4.69) is 42.0 Å². The van der Waals surface area contributed by atoms with E-state index in [4.69, 9.17) is 27.9 Å². The van der Waals surface area contributed by atoms with E-state index in [-0.39, 0.29) is 36.4 Å². The predicted octanol–water partition coefficient (Wildman–Crippen LogP) is 7.99. The van der Waals surface area contributed by atoms with Crippen LogP contribution in [0.25, 0.3) is 0 Å². The molecule has 0 aromatic heterocycles. The van der Waals surface area contributed by atoms with Gasteiger partial charge in [0.25, 0.3) is 5.91 Å². The summed E-state index contributed by atoms with van der Waals surface area (Å²) in [5, 5.41) is 3.90. The van der Waals surface area contributed by atoms with Gasteiger partial charge < -0.3 is 15.0 Å². The highest BCUT2D eigenvalue weighted by atomic mass is 79.9. The topological polar surface area (TPSA) is 58.6 Å². The number of amides is 2. The van der Waals surface area contributed by atoms with Crippen molar-refractivity contribution in [3.05, 3.63) is 97.9 Å². The van der Waals surface area contributed by atoms with Crippen molar-refractivity contribution in [2.45, 2.75) is 71.5 Å². The van der Waals surface area contributed by atoms with Crippen LogP contribution in [0.1, 0.15) is 57.7 Å². The van der Waals surface area contributed by atoms with Gasteiger partial charge in [0.05, 0.1) is 4.47 Å². The number of carbonyl (C=O) groups excluding carboxylic acids is 2. The maximum atomic E-state index is 13.9. The standard InChI is InChI=1S/C32H37BrCl2N2O3/c1-6-21(2)36-31(39)28(17-22-11-8-7-9-12-22)37(19-24-26(34)13-10-14-27(24)35)30(38)20-40-29-16-15-23(18-25(29)33)32(3,4)5/h7-16,18,21,28H,6,17,19-20H2,1-5H3,(H,36,39)/t21-,28-/m0/s1. The first-order valence-corrected chi connectivity index (χ1v) is 14.9. The Balaban J connectivity index is 1.96. The molecule has 0 aliphatic rings. The van der Waals surface area contributed by atoms with Crippen LogP contribution in [0.4, 0.5) is 0 Å². The zero-order valence-corrected chi connectivity index (χ0v) is 26.7. The second-order valence-corrected chi connectivity index (χ2v) is 12.6. The van der Waals surface area contributed by atoms with Gasteiger partial charge >= 0.3 is 0 Å². The predicted molar refractivity (Wildman–Crippen MR) is 167 cm³/mol. The molecule has 0 spiro atoms. The normalized spacial score (nSPS) is 12.9. The summed E-state index contributed by atoms with van der Waals surface area (Å²) in [6, 6.07) is 19.8. The van der Waals surface area contributed by atoms with Gasteiger partial charge in [0.1, 0.15) is 11.8 Å². The van der Waals surface area contributed by atoms with Gasteiger partial charge in [0.15, 0.2) is 6.61 Å². The Morgan fingerprint density at radius 2 is 1.65 bits per heavy atom. The quantitative estimate of drug-likeness (QED) is 0.230. The van der Waals surface area contributed by atoms with Crippen LogP contribution in [-0.2, 0) is 28.0 Å². The average Bonchev–Trinajstić information content (AvgIpc) is 2.91. The summed E-state index contributed by atoms with van der Waals surface area (Å²) in [5.74, 6) is -0.0609. The first kappa shape index (κ1) is 32.0. The molecule has 3 aromatic carbocycles. The Kier molecular flexibility index (Phi) is 11.5. The summed E-state index contributed by atoms with van der Waals surface area (Å²) in [7, 11) is 0. The summed E-state index contributed by atoms with van der Waals surface area (Å²) in [5.41, 5.74) is 2.61. The number of rotatable bonds is 11. The molecule has 0 heterocycles. The second-order valence-electron chi connectivity index (χ2n) is 10.9. The summed E-state index contributed by atoms with van der Waals surface area (Å²) in [4.78, 5) is 29.1. The van der Waals surface area contributed by atoms with Gasteiger partial charge in [0.2, 0.25) is 5.91 Å². The monoisotopic (exact) mass is 646 g/mol. The van der Waals surface area contributed by atoms with Gasteiger partial charge in [-0.2, -0.15) is 0 Å². The molecule has 0 aliphatic carbocycles. The SMILES string of the molecule is CC[C@H](C)NC(=O)[C@H](Cc1ccccc1)N(Cc1c(Cl)cccc1Cl)C(=O)COc1ccc(C(C)(C)C)cc1Br. The third kappa shape index (κ3) is 8.73. The van der Waals surface area contributed by atoms with Crippen molar-refractivity contribution >= 4 is 50.9 Å². The Hall–Kier alpha value is -2.54. The Bertz CT molecular complexity index is 1290. The molecule has 3 rings (SSSR count). The number of nitrogens with one attached hydrogen (secondary N) is 1. The van der Waals surface area contributed by atoms with Crippen molar-refractivity contribution in [3.8, 4) is 5.75 Å². The fraction of sp³-hybridized carbons (Fsp3) is 0.375. The van der Waals surface area contributed by atoms with E-state index in [0.29, 0.717) is 27.8 Å². The average molecular weight is 648 g/mol. The van der Waals surface area contributed by atoms with Crippen LogP contribution in [-0.4, -0.2) is 35.4 Å². The van der Waals surface area contributed by atoms with Gasteiger partial charge in [-0.05, 0) is 70.1 Å². The van der Waals surface area contributed by atoms with Crippen molar-refractivity contribution in [2.75, 3.05) is 6.61 Å². The van der Waals surface area contributed by atoms with Crippen LogP contribution >= 0.6 is 39.1 Å². The molecule has 214 valence electrons. The van der Waals surface area contributed by atoms with E-state index in [1.807, 2.05) is 62.4 Å². The molecule has 0 aliphatic heterocycles. The van der Waals surface area contributed by atoms with Gasteiger partial charge in [-0.25, -0.2) is 0 Å². The van der Waals surface area contributed by atoms with E-state index >= 15 is 0 Å². The molecule has 2 amide bonds. The summed E-state index contributed by atoms with van der Waals surface area (Å²) in [6.07, 6.45) is 1.08. The minimum absolute atomic E-state index is 0.0322. The van der Waals surface area contributed by atoms with Crippen molar-refractivity contribution in [1.29, 1.82) is 0 Å². The van der Waals surface area contributed by atoms with E-state index in [9.17, 15) is 9.59 Å². The van der Waals surface area contributed by atoms with Gasteiger partial charge in [0, 0.05) is 34.6 Å². The summed E-state index contributed by atoms with van der Waals surface area (Å²) in [6.45, 7) is 10.1. The second kappa shape index (κ2) is 14.4. The zero-order chi connectivity index (χ0) is 29.4.